The highest BCUT2D eigenvalue weighted by molar-refractivity contribution is 5.30. The lowest BCUT2D eigenvalue weighted by Crippen LogP contribution is -2.35. The van der Waals surface area contributed by atoms with E-state index in [1.165, 1.54) is 50.5 Å². The van der Waals surface area contributed by atoms with Gasteiger partial charge < -0.3 is 5.11 Å². The third-order valence-electron chi connectivity index (χ3n) is 3.90. The van der Waals surface area contributed by atoms with Gasteiger partial charge in [0.05, 0.1) is 6.20 Å². The summed E-state index contributed by atoms with van der Waals surface area (Å²) in [7, 11) is 0. The van der Waals surface area contributed by atoms with Gasteiger partial charge in [0.25, 0.3) is 0 Å². The zero-order chi connectivity index (χ0) is 10.3. The first kappa shape index (κ1) is 9.16. The van der Waals surface area contributed by atoms with Crippen molar-refractivity contribution in [3.8, 4) is 5.75 Å². The minimum Gasteiger partial charge on any atom is -0.506 e. The number of nitrogens with zero attached hydrogens (tertiary/aromatic N) is 2. The lowest BCUT2D eigenvalue weighted by molar-refractivity contribution is 0.196. The monoisotopic (exact) mass is 204 g/mol. The molecular weight excluding hydrogens is 188 g/mol. The van der Waals surface area contributed by atoms with Gasteiger partial charge in [0.15, 0.2) is 0 Å². The van der Waals surface area contributed by atoms with Crippen LogP contribution in [-0.4, -0.2) is 28.1 Å². The van der Waals surface area contributed by atoms with Crippen LogP contribution >= 0.6 is 0 Å². The molecule has 3 heterocycles. The summed E-state index contributed by atoms with van der Waals surface area (Å²) in [4.78, 5) is 6.67. The quantitative estimate of drug-likeness (QED) is 0.758. The fourth-order valence-corrected chi connectivity index (χ4v) is 3.26. The fourth-order valence-electron chi connectivity index (χ4n) is 3.26. The van der Waals surface area contributed by atoms with Crippen molar-refractivity contribution in [3.63, 3.8) is 0 Å². The summed E-state index contributed by atoms with van der Waals surface area (Å²) in [6.45, 7) is 2.41. The number of rotatable bonds is 1. The topological polar surface area (TPSA) is 36.4 Å². The Bertz CT molecular complexity index is 368. The van der Waals surface area contributed by atoms with Gasteiger partial charge in [-0.1, -0.05) is 0 Å². The number of hydrogen-bond acceptors (Lipinski definition) is 3. The minimum atomic E-state index is 0.200. The van der Waals surface area contributed by atoms with E-state index in [0.29, 0.717) is 5.75 Å². The highest BCUT2D eigenvalue weighted by Crippen LogP contribution is 2.46. The van der Waals surface area contributed by atoms with Crippen molar-refractivity contribution in [2.45, 2.75) is 31.2 Å². The van der Waals surface area contributed by atoms with Crippen molar-refractivity contribution in [2.75, 3.05) is 13.1 Å². The Kier molecular flexibility index (Phi) is 1.96. The molecule has 80 valence electrons. The zero-order valence-corrected chi connectivity index (χ0v) is 8.82. The molecule has 3 heteroatoms. The van der Waals surface area contributed by atoms with Crippen LogP contribution in [0.2, 0.25) is 0 Å². The van der Waals surface area contributed by atoms with E-state index in [9.17, 15) is 5.11 Å². The van der Waals surface area contributed by atoms with Crippen LogP contribution in [0.5, 0.6) is 5.75 Å². The van der Waals surface area contributed by atoms with E-state index in [2.05, 4.69) is 9.88 Å². The molecule has 0 radical (unpaired) electrons. The fraction of sp³-hybridized carbons (Fsp3) is 0.583. The summed E-state index contributed by atoms with van der Waals surface area (Å²) < 4.78 is 0. The van der Waals surface area contributed by atoms with E-state index in [0.717, 1.165) is 0 Å². The molecule has 0 bridgehead atoms. The van der Waals surface area contributed by atoms with Crippen LogP contribution in [0.1, 0.15) is 31.2 Å². The maximum atomic E-state index is 9.51. The van der Waals surface area contributed by atoms with Gasteiger partial charge in [0.2, 0.25) is 0 Å². The number of pyridine rings is 1. The molecule has 0 atom stereocenters. The van der Waals surface area contributed by atoms with Crippen LogP contribution in [0, 0.1) is 0 Å². The van der Waals surface area contributed by atoms with Crippen LogP contribution in [-0.2, 0) is 5.54 Å². The smallest absolute Gasteiger partial charge is 0.134 e. The summed E-state index contributed by atoms with van der Waals surface area (Å²) >= 11 is 0. The first-order valence-corrected chi connectivity index (χ1v) is 5.71. The molecule has 2 aliphatic rings. The van der Waals surface area contributed by atoms with Crippen LogP contribution < -0.4 is 0 Å². The summed E-state index contributed by atoms with van der Waals surface area (Å²) in [6.07, 6.45) is 8.42. The molecule has 15 heavy (non-hydrogen) atoms. The maximum absolute atomic E-state index is 9.51. The Hall–Kier alpha value is -1.09. The van der Waals surface area contributed by atoms with E-state index in [1.54, 1.807) is 0 Å². The molecule has 0 aliphatic carbocycles. The number of hydrogen-bond donors (Lipinski definition) is 1. The second-order valence-electron chi connectivity index (χ2n) is 4.66. The molecule has 1 aromatic heterocycles. The lowest BCUT2D eigenvalue weighted by atomic mass is 9.87. The maximum Gasteiger partial charge on any atom is 0.134 e. The molecule has 3 rings (SSSR count). The van der Waals surface area contributed by atoms with Gasteiger partial charge >= 0.3 is 0 Å². The Morgan fingerprint density at radius 3 is 2.60 bits per heavy atom. The Labute approximate surface area is 89.7 Å². The molecule has 0 aromatic carbocycles. The van der Waals surface area contributed by atoms with Crippen molar-refractivity contribution in [3.05, 3.63) is 24.0 Å². The van der Waals surface area contributed by atoms with Crippen LogP contribution in [0.4, 0.5) is 0 Å². The number of aromatic nitrogens is 1. The van der Waals surface area contributed by atoms with Gasteiger partial charge in [0.1, 0.15) is 5.75 Å². The summed E-state index contributed by atoms with van der Waals surface area (Å²) in [5.74, 6) is 0.292. The van der Waals surface area contributed by atoms with Crippen LogP contribution in [0.25, 0.3) is 0 Å². The molecule has 0 amide bonds. The summed E-state index contributed by atoms with van der Waals surface area (Å²) in [5.41, 5.74) is 1.41. The molecule has 0 spiro atoms. The molecule has 1 N–H and O–H groups in total. The molecule has 3 nitrogen and oxygen atoms in total. The third kappa shape index (κ3) is 1.26. The predicted octanol–water partition coefficient (Wildman–Crippen LogP) is 1.87. The Morgan fingerprint density at radius 1 is 1.20 bits per heavy atom. The van der Waals surface area contributed by atoms with Gasteiger partial charge in [-0.15, -0.1) is 0 Å². The van der Waals surface area contributed by atoms with Crippen LogP contribution in [0.15, 0.2) is 18.5 Å². The van der Waals surface area contributed by atoms with Gasteiger partial charge in [-0.05, 0) is 50.4 Å². The highest BCUT2D eigenvalue weighted by atomic mass is 16.3. The van der Waals surface area contributed by atoms with Crippen molar-refractivity contribution in [1.29, 1.82) is 0 Å². The predicted molar refractivity (Wildman–Crippen MR) is 57.6 cm³/mol. The number of aromatic hydroxyl groups is 1. The standard InChI is InChI=1S/C12H16N2O/c15-11-7-10(8-13-9-11)12-3-1-5-14(12)6-2-4-12/h7-9,15H,1-6H2. The molecule has 2 saturated heterocycles. The van der Waals surface area contributed by atoms with Crippen molar-refractivity contribution < 1.29 is 5.11 Å². The highest BCUT2D eigenvalue weighted by Gasteiger charge is 2.45. The lowest BCUT2D eigenvalue weighted by Gasteiger charge is -2.32. The third-order valence-corrected chi connectivity index (χ3v) is 3.90. The Balaban J connectivity index is 2.04. The molecular formula is C12H16N2O. The van der Waals surface area contributed by atoms with E-state index in [1.807, 2.05) is 12.3 Å². The normalized spacial score (nSPS) is 24.3. The molecule has 1 aromatic rings. The van der Waals surface area contributed by atoms with Crippen molar-refractivity contribution in [1.82, 2.24) is 9.88 Å². The van der Waals surface area contributed by atoms with Gasteiger partial charge in [-0.25, -0.2) is 0 Å². The van der Waals surface area contributed by atoms with E-state index in [4.69, 9.17) is 0 Å². The van der Waals surface area contributed by atoms with Crippen molar-refractivity contribution in [2.24, 2.45) is 0 Å². The molecule has 2 aliphatic heterocycles. The van der Waals surface area contributed by atoms with Crippen LogP contribution in [0.3, 0.4) is 0 Å². The summed E-state index contributed by atoms with van der Waals surface area (Å²) in [6, 6.07) is 1.89. The largest absolute Gasteiger partial charge is 0.506 e. The van der Waals surface area contributed by atoms with E-state index >= 15 is 0 Å². The minimum absolute atomic E-state index is 0.200. The first-order valence-electron chi connectivity index (χ1n) is 5.71. The number of fused-ring (bicyclic) bond motifs is 1. The van der Waals surface area contributed by atoms with E-state index in [-0.39, 0.29) is 5.54 Å². The average molecular weight is 204 g/mol. The van der Waals surface area contributed by atoms with Gasteiger partial charge in [-0.2, -0.15) is 0 Å². The van der Waals surface area contributed by atoms with Gasteiger partial charge in [-0.3, -0.25) is 9.88 Å². The van der Waals surface area contributed by atoms with Gasteiger partial charge in [0, 0.05) is 11.7 Å². The molecule has 2 fully saturated rings. The second kappa shape index (κ2) is 3.20. The first-order chi connectivity index (χ1) is 7.31. The second-order valence-corrected chi connectivity index (χ2v) is 4.66. The SMILES string of the molecule is Oc1cncc(C23CCCN2CCC3)c1. The molecule has 0 unspecified atom stereocenters. The Morgan fingerprint density at radius 2 is 1.93 bits per heavy atom. The zero-order valence-electron chi connectivity index (χ0n) is 8.82. The summed E-state index contributed by atoms with van der Waals surface area (Å²) in [5, 5.41) is 9.51. The average Bonchev–Trinajstić information content (AvgIpc) is 2.75. The van der Waals surface area contributed by atoms with Crippen molar-refractivity contribution >= 4 is 0 Å². The van der Waals surface area contributed by atoms with E-state index < -0.39 is 0 Å². The molecule has 0 saturated carbocycles.